The monoisotopic (exact) mass is 365 g/mol. The van der Waals surface area contributed by atoms with Crippen LogP contribution in [0.1, 0.15) is 34.8 Å². The molecule has 3 aliphatic rings. The summed E-state index contributed by atoms with van der Waals surface area (Å²) in [5.74, 6) is 0.0793. The summed E-state index contributed by atoms with van der Waals surface area (Å²) in [7, 11) is -3.18. The van der Waals surface area contributed by atoms with E-state index < -0.39 is 14.6 Å². The Morgan fingerprint density at radius 3 is 2.84 bits per heavy atom. The van der Waals surface area contributed by atoms with E-state index in [-0.39, 0.29) is 30.7 Å². The maximum Gasteiger partial charge on any atom is 0.253 e. The average molecular weight is 365 g/mol. The summed E-state index contributed by atoms with van der Waals surface area (Å²) >= 11 is 0. The van der Waals surface area contributed by atoms with Crippen molar-refractivity contribution >= 4 is 15.7 Å². The highest BCUT2D eigenvalue weighted by Crippen LogP contribution is 2.45. The highest BCUT2D eigenvalue weighted by Gasteiger charge is 2.62. The van der Waals surface area contributed by atoms with Crippen LogP contribution in [0.4, 0.5) is 0 Å². The van der Waals surface area contributed by atoms with Gasteiger partial charge in [0.25, 0.3) is 5.91 Å². The Labute approximate surface area is 148 Å². The minimum absolute atomic E-state index is 0.0186. The SMILES string of the molecule is CCOCC1CCS(=O)(=O)C12CN(C(=O)c1ccc3c(c1)COC3)C2. The number of fused-ring (bicyclic) bond motifs is 1. The van der Waals surface area contributed by atoms with Gasteiger partial charge in [-0.25, -0.2) is 8.42 Å². The van der Waals surface area contributed by atoms with Crippen LogP contribution < -0.4 is 0 Å². The van der Waals surface area contributed by atoms with E-state index in [1.54, 1.807) is 4.90 Å². The third kappa shape index (κ3) is 2.60. The Balaban J connectivity index is 1.50. The molecule has 1 aromatic carbocycles. The summed E-state index contributed by atoms with van der Waals surface area (Å²) in [4.78, 5) is 14.4. The smallest absolute Gasteiger partial charge is 0.253 e. The van der Waals surface area contributed by atoms with E-state index in [9.17, 15) is 13.2 Å². The van der Waals surface area contributed by atoms with Crippen molar-refractivity contribution in [3.8, 4) is 0 Å². The van der Waals surface area contributed by atoms with Gasteiger partial charge in [0.1, 0.15) is 4.75 Å². The van der Waals surface area contributed by atoms with Gasteiger partial charge in [-0.05, 0) is 36.6 Å². The number of benzene rings is 1. The Kier molecular flexibility index (Phi) is 4.13. The lowest BCUT2D eigenvalue weighted by atomic mass is 9.83. The maximum absolute atomic E-state index is 12.8. The van der Waals surface area contributed by atoms with Crippen molar-refractivity contribution in [1.82, 2.24) is 4.90 Å². The Bertz CT molecular complexity index is 798. The predicted octanol–water partition coefficient (Wildman–Crippen LogP) is 1.38. The van der Waals surface area contributed by atoms with Gasteiger partial charge in [-0.15, -0.1) is 0 Å². The number of sulfone groups is 1. The number of amides is 1. The zero-order valence-electron chi connectivity index (χ0n) is 14.4. The predicted molar refractivity (Wildman–Crippen MR) is 92.0 cm³/mol. The molecule has 0 bridgehead atoms. The number of carbonyl (C=O) groups excluding carboxylic acids is 1. The number of nitrogens with zero attached hydrogens (tertiary/aromatic N) is 1. The number of ether oxygens (including phenoxy) is 2. The van der Waals surface area contributed by atoms with Crippen molar-refractivity contribution in [2.24, 2.45) is 5.92 Å². The van der Waals surface area contributed by atoms with Crippen molar-refractivity contribution in [1.29, 1.82) is 0 Å². The molecule has 2 saturated heterocycles. The van der Waals surface area contributed by atoms with Crippen LogP contribution in [0.3, 0.4) is 0 Å². The van der Waals surface area contributed by atoms with Gasteiger partial charge >= 0.3 is 0 Å². The fourth-order valence-corrected chi connectivity index (χ4v) is 6.60. The van der Waals surface area contributed by atoms with Crippen LogP contribution in [-0.4, -0.2) is 56.0 Å². The molecule has 4 rings (SSSR count). The van der Waals surface area contributed by atoms with Crippen LogP contribution in [0, 0.1) is 5.92 Å². The number of carbonyl (C=O) groups is 1. The van der Waals surface area contributed by atoms with Crippen molar-refractivity contribution in [2.75, 3.05) is 32.1 Å². The van der Waals surface area contributed by atoms with Gasteiger partial charge in [-0.3, -0.25) is 4.79 Å². The second-order valence-corrected chi connectivity index (χ2v) is 9.62. The number of hydrogen-bond donors (Lipinski definition) is 0. The Hall–Kier alpha value is -1.44. The lowest BCUT2D eigenvalue weighted by Crippen LogP contribution is -2.68. The summed E-state index contributed by atoms with van der Waals surface area (Å²) < 4.78 is 35.2. The third-order valence-corrected chi connectivity index (χ3v) is 8.40. The molecule has 0 radical (unpaired) electrons. The van der Waals surface area contributed by atoms with Gasteiger partial charge in [-0.2, -0.15) is 0 Å². The molecule has 6 nitrogen and oxygen atoms in total. The molecule has 136 valence electrons. The molecule has 7 heteroatoms. The molecule has 3 aliphatic heterocycles. The molecule has 3 heterocycles. The molecule has 25 heavy (non-hydrogen) atoms. The van der Waals surface area contributed by atoms with Crippen molar-refractivity contribution < 1.29 is 22.7 Å². The highest BCUT2D eigenvalue weighted by molar-refractivity contribution is 7.93. The largest absolute Gasteiger partial charge is 0.381 e. The zero-order chi connectivity index (χ0) is 17.7. The van der Waals surface area contributed by atoms with Crippen LogP contribution in [0.25, 0.3) is 0 Å². The molecule has 1 spiro atoms. The second-order valence-electron chi connectivity index (χ2n) is 7.17. The van der Waals surface area contributed by atoms with Gasteiger partial charge < -0.3 is 14.4 Å². The van der Waals surface area contributed by atoms with E-state index in [1.165, 1.54) is 0 Å². The summed E-state index contributed by atoms with van der Waals surface area (Å²) in [5, 5.41) is 0. The standard InChI is InChI=1S/C18H23NO5S/c1-2-23-10-16-5-6-25(21,22)18(16)11-19(12-18)17(20)13-3-4-14-8-24-9-15(14)7-13/h3-4,7,16H,2,5-6,8-12H2,1H3. The molecule has 0 N–H and O–H groups in total. The molecular weight excluding hydrogens is 342 g/mol. The Morgan fingerprint density at radius 2 is 2.08 bits per heavy atom. The van der Waals surface area contributed by atoms with Gasteiger partial charge in [0.15, 0.2) is 9.84 Å². The van der Waals surface area contributed by atoms with Crippen LogP contribution >= 0.6 is 0 Å². The molecule has 1 unspecified atom stereocenters. The molecule has 0 saturated carbocycles. The van der Waals surface area contributed by atoms with E-state index in [4.69, 9.17) is 9.47 Å². The van der Waals surface area contributed by atoms with Gasteiger partial charge in [-0.1, -0.05) is 6.07 Å². The number of likely N-dealkylation sites (tertiary alicyclic amines) is 1. The fraction of sp³-hybridized carbons (Fsp3) is 0.611. The first kappa shape index (κ1) is 17.0. The highest BCUT2D eigenvalue weighted by atomic mass is 32.2. The van der Waals surface area contributed by atoms with E-state index in [0.29, 0.717) is 38.4 Å². The lowest BCUT2D eigenvalue weighted by molar-refractivity contribution is 0.0271. The van der Waals surface area contributed by atoms with Gasteiger partial charge in [0.05, 0.1) is 25.6 Å². The van der Waals surface area contributed by atoms with Crippen molar-refractivity contribution in [2.45, 2.75) is 31.3 Å². The zero-order valence-corrected chi connectivity index (χ0v) is 15.2. The Morgan fingerprint density at radius 1 is 1.32 bits per heavy atom. The normalized spacial score (nSPS) is 25.8. The first-order chi connectivity index (χ1) is 12.0. The summed E-state index contributed by atoms with van der Waals surface area (Å²) in [6, 6.07) is 5.60. The topological polar surface area (TPSA) is 72.9 Å². The molecule has 0 aromatic heterocycles. The first-order valence-corrected chi connectivity index (χ1v) is 10.4. The van der Waals surface area contributed by atoms with Crippen LogP contribution in [0.15, 0.2) is 18.2 Å². The average Bonchev–Trinajstić information content (AvgIpc) is 3.11. The summed E-state index contributed by atoms with van der Waals surface area (Å²) in [6.45, 7) is 4.61. The minimum atomic E-state index is -3.18. The molecule has 0 aliphatic carbocycles. The number of hydrogen-bond acceptors (Lipinski definition) is 5. The quantitative estimate of drug-likeness (QED) is 0.806. The van der Waals surface area contributed by atoms with Gasteiger partial charge in [0, 0.05) is 31.2 Å². The van der Waals surface area contributed by atoms with Crippen molar-refractivity contribution in [3.63, 3.8) is 0 Å². The molecule has 1 atom stereocenters. The molecule has 1 aromatic rings. The van der Waals surface area contributed by atoms with E-state index in [1.807, 2.05) is 25.1 Å². The fourth-order valence-electron chi connectivity index (χ4n) is 4.20. The van der Waals surface area contributed by atoms with Crippen LogP contribution in [0.2, 0.25) is 0 Å². The maximum atomic E-state index is 12.8. The van der Waals surface area contributed by atoms with E-state index in [2.05, 4.69) is 0 Å². The molecule has 2 fully saturated rings. The second kappa shape index (κ2) is 6.07. The van der Waals surface area contributed by atoms with E-state index in [0.717, 1.165) is 11.1 Å². The summed E-state index contributed by atoms with van der Waals surface area (Å²) in [6.07, 6.45) is 0.626. The van der Waals surface area contributed by atoms with Crippen LogP contribution in [0.5, 0.6) is 0 Å². The van der Waals surface area contributed by atoms with Crippen molar-refractivity contribution in [3.05, 3.63) is 34.9 Å². The van der Waals surface area contributed by atoms with Crippen LogP contribution in [-0.2, 0) is 32.5 Å². The molecular formula is C18H23NO5S. The minimum Gasteiger partial charge on any atom is -0.381 e. The van der Waals surface area contributed by atoms with E-state index >= 15 is 0 Å². The molecule has 1 amide bonds. The first-order valence-electron chi connectivity index (χ1n) is 8.76. The van der Waals surface area contributed by atoms with Gasteiger partial charge in [0.2, 0.25) is 0 Å². The third-order valence-electron chi connectivity index (χ3n) is 5.79. The number of rotatable bonds is 4. The lowest BCUT2D eigenvalue weighted by Gasteiger charge is -2.49. The summed E-state index contributed by atoms with van der Waals surface area (Å²) in [5.41, 5.74) is 2.77.